The second-order valence-electron chi connectivity index (χ2n) is 7.90. The van der Waals surface area contributed by atoms with Gasteiger partial charge in [-0.25, -0.2) is 4.79 Å². The number of aliphatic carboxylic acids is 1. The van der Waals surface area contributed by atoms with Crippen LogP contribution < -0.4 is 10.1 Å². The van der Waals surface area contributed by atoms with E-state index in [1.165, 1.54) is 0 Å². The summed E-state index contributed by atoms with van der Waals surface area (Å²) in [6.07, 6.45) is 5.19. The van der Waals surface area contributed by atoms with Crippen LogP contribution in [-0.2, 0) is 17.8 Å². The van der Waals surface area contributed by atoms with Crippen molar-refractivity contribution >= 4 is 22.6 Å². The number of nitrogens with zero attached hydrogens (tertiary/aromatic N) is 1. The minimum absolute atomic E-state index is 0.223. The second-order valence-corrected chi connectivity index (χ2v) is 7.90. The number of hydrogen-bond donors (Lipinski definition) is 2. The Labute approximate surface area is 192 Å². The molecular formula is C27H26N2O4. The predicted octanol–water partition coefficient (Wildman–Crippen LogP) is 4.54. The Bertz CT molecular complexity index is 1220. The van der Waals surface area contributed by atoms with E-state index in [-0.39, 0.29) is 6.42 Å². The van der Waals surface area contributed by atoms with Gasteiger partial charge in [-0.1, -0.05) is 42.5 Å². The molecule has 0 aliphatic carbocycles. The van der Waals surface area contributed by atoms with Crippen molar-refractivity contribution in [2.24, 2.45) is 0 Å². The minimum atomic E-state index is -1.06. The molecule has 1 aromatic heterocycles. The van der Waals surface area contributed by atoms with E-state index >= 15 is 0 Å². The van der Waals surface area contributed by atoms with Gasteiger partial charge in [-0.3, -0.25) is 4.79 Å². The summed E-state index contributed by atoms with van der Waals surface area (Å²) in [7, 11) is 0. The first-order valence-electron chi connectivity index (χ1n) is 10.9. The number of nitrogens with one attached hydrogen (secondary N) is 1. The molecule has 0 saturated carbocycles. The van der Waals surface area contributed by atoms with Crippen LogP contribution in [0.1, 0.15) is 22.3 Å². The maximum atomic E-state index is 12.7. The maximum absolute atomic E-state index is 12.7. The van der Waals surface area contributed by atoms with Crippen LogP contribution in [0.4, 0.5) is 0 Å². The van der Waals surface area contributed by atoms with Gasteiger partial charge in [0.15, 0.2) is 0 Å². The fraction of sp³-hybridized carbons (Fsp3) is 0.185. The Morgan fingerprint density at radius 3 is 2.39 bits per heavy atom. The van der Waals surface area contributed by atoms with E-state index in [1.807, 2.05) is 79.1 Å². The van der Waals surface area contributed by atoms with Crippen LogP contribution in [0.2, 0.25) is 0 Å². The lowest BCUT2D eigenvalue weighted by Gasteiger charge is -2.15. The summed E-state index contributed by atoms with van der Waals surface area (Å²) in [5.41, 5.74) is 1.27. The molecule has 0 aliphatic heterocycles. The monoisotopic (exact) mass is 442 g/mol. The van der Waals surface area contributed by atoms with Crippen molar-refractivity contribution in [2.45, 2.75) is 25.4 Å². The molecule has 1 atom stereocenters. The van der Waals surface area contributed by atoms with Crippen LogP contribution in [0.15, 0.2) is 91.3 Å². The predicted molar refractivity (Wildman–Crippen MR) is 128 cm³/mol. The van der Waals surface area contributed by atoms with E-state index in [9.17, 15) is 14.7 Å². The molecule has 1 heterocycles. The molecule has 6 nitrogen and oxygen atoms in total. The van der Waals surface area contributed by atoms with Gasteiger partial charge >= 0.3 is 5.97 Å². The number of carboxylic acids is 1. The third-order valence-corrected chi connectivity index (χ3v) is 5.46. The number of rotatable bonds is 10. The summed E-state index contributed by atoms with van der Waals surface area (Å²) in [5.74, 6) is -0.696. The lowest BCUT2D eigenvalue weighted by atomic mass is 10.0. The van der Waals surface area contributed by atoms with Crippen molar-refractivity contribution in [3.05, 3.63) is 102 Å². The number of aromatic nitrogens is 1. The SMILES string of the molecule is O=C(NC(Cc1ccccc1)C(=O)O)c1ccc2cc(OCCCn3cccc3)ccc2c1. The molecular weight excluding hydrogens is 416 g/mol. The van der Waals surface area contributed by atoms with Crippen LogP contribution in [0.5, 0.6) is 5.75 Å². The summed E-state index contributed by atoms with van der Waals surface area (Å²) < 4.78 is 7.98. The van der Waals surface area contributed by atoms with Gasteiger partial charge in [0.25, 0.3) is 5.91 Å². The molecule has 1 unspecified atom stereocenters. The van der Waals surface area contributed by atoms with Gasteiger partial charge in [0.05, 0.1) is 6.61 Å². The fourth-order valence-electron chi connectivity index (χ4n) is 3.70. The van der Waals surface area contributed by atoms with E-state index in [0.29, 0.717) is 12.2 Å². The lowest BCUT2D eigenvalue weighted by molar-refractivity contribution is -0.139. The lowest BCUT2D eigenvalue weighted by Crippen LogP contribution is -2.42. The summed E-state index contributed by atoms with van der Waals surface area (Å²) in [4.78, 5) is 24.4. The first kappa shape index (κ1) is 22.1. The quantitative estimate of drug-likeness (QED) is 0.354. The Kier molecular flexibility index (Phi) is 7.05. The van der Waals surface area contributed by atoms with Crippen molar-refractivity contribution in [2.75, 3.05) is 6.61 Å². The normalized spacial score (nSPS) is 11.8. The third kappa shape index (κ3) is 6.01. The molecule has 4 rings (SSSR count). The summed E-state index contributed by atoms with van der Waals surface area (Å²) >= 11 is 0. The highest BCUT2D eigenvalue weighted by molar-refractivity contribution is 6.00. The van der Waals surface area contributed by atoms with Crippen LogP contribution in [0.3, 0.4) is 0 Å². The zero-order chi connectivity index (χ0) is 23.0. The Morgan fingerprint density at radius 2 is 1.64 bits per heavy atom. The van der Waals surface area contributed by atoms with Gasteiger partial charge in [0.1, 0.15) is 11.8 Å². The highest BCUT2D eigenvalue weighted by Crippen LogP contribution is 2.22. The Hall–Kier alpha value is -4.06. The van der Waals surface area contributed by atoms with Crippen LogP contribution >= 0.6 is 0 Å². The van der Waals surface area contributed by atoms with Crippen molar-refractivity contribution < 1.29 is 19.4 Å². The molecule has 6 heteroatoms. The largest absolute Gasteiger partial charge is 0.494 e. The second kappa shape index (κ2) is 10.5. The van der Waals surface area contributed by atoms with E-state index in [0.717, 1.165) is 35.1 Å². The maximum Gasteiger partial charge on any atom is 0.326 e. The average molecular weight is 443 g/mol. The molecule has 0 spiro atoms. The zero-order valence-electron chi connectivity index (χ0n) is 18.2. The Balaban J connectivity index is 1.37. The van der Waals surface area contributed by atoms with Crippen molar-refractivity contribution in [3.63, 3.8) is 0 Å². The Morgan fingerprint density at radius 1 is 0.909 bits per heavy atom. The molecule has 4 aromatic rings. The van der Waals surface area contributed by atoms with Gasteiger partial charge in [0.2, 0.25) is 0 Å². The molecule has 0 aliphatic rings. The van der Waals surface area contributed by atoms with Crippen molar-refractivity contribution in [1.82, 2.24) is 9.88 Å². The fourth-order valence-corrected chi connectivity index (χ4v) is 3.70. The summed E-state index contributed by atoms with van der Waals surface area (Å²) in [6.45, 7) is 1.52. The molecule has 168 valence electrons. The molecule has 0 bridgehead atoms. The molecule has 33 heavy (non-hydrogen) atoms. The number of aryl methyl sites for hydroxylation is 1. The average Bonchev–Trinajstić information content (AvgIpc) is 3.35. The first-order chi connectivity index (χ1) is 16.1. The van der Waals surface area contributed by atoms with Gasteiger partial charge in [-0.15, -0.1) is 0 Å². The van der Waals surface area contributed by atoms with E-state index in [2.05, 4.69) is 9.88 Å². The van der Waals surface area contributed by atoms with Gasteiger partial charge in [-0.2, -0.15) is 0 Å². The van der Waals surface area contributed by atoms with Crippen LogP contribution in [0.25, 0.3) is 10.8 Å². The zero-order valence-corrected chi connectivity index (χ0v) is 18.2. The third-order valence-electron chi connectivity index (χ3n) is 5.46. The van der Waals surface area contributed by atoms with Gasteiger partial charge in [0, 0.05) is 30.9 Å². The number of hydrogen-bond acceptors (Lipinski definition) is 3. The highest BCUT2D eigenvalue weighted by atomic mass is 16.5. The summed E-state index contributed by atoms with van der Waals surface area (Å²) in [6, 6.07) is 23.3. The van der Waals surface area contributed by atoms with E-state index in [4.69, 9.17) is 4.74 Å². The standard InChI is InChI=1S/C27H26N2O4/c30-26(28-25(27(31)32)17-20-7-2-1-3-8-20)23-10-9-22-19-24(12-11-21(22)18-23)33-16-6-15-29-13-4-5-14-29/h1-5,7-14,18-19,25H,6,15-17H2,(H,28,30)(H,31,32). The van der Waals surface area contributed by atoms with Crippen molar-refractivity contribution in [1.29, 1.82) is 0 Å². The smallest absolute Gasteiger partial charge is 0.326 e. The van der Waals surface area contributed by atoms with Gasteiger partial charge < -0.3 is 19.7 Å². The number of carboxylic acid groups (broad SMARTS) is 1. The van der Waals surface area contributed by atoms with Crippen LogP contribution in [0, 0.1) is 0 Å². The number of ether oxygens (including phenoxy) is 1. The first-order valence-corrected chi connectivity index (χ1v) is 10.9. The van der Waals surface area contributed by atoms with E-state index in [1.54, 1.807) is 12.1 Å². The van der Waals surface area contributed by atoms with Crippen LogP contribution in [-0.4, -0.2) is 34.2 Å². The number of benzene rings is 3. The van der Waals surface area contributed by atoms with E-state index < -0.39 is 17.9 Å². The van der Waals surface area contributed by atoms with Crippen molar-refractivity contribution in [3.8, 4) is 5.75 Å². The molecule has 2 N–H and O–H groups in total. The minimum Gasteiger partial charge on any atom is -0.494 e. The molecule has 3 aromatic carbocycles. The molecule has 0 fully saturated rings. The molecule has 0 saturated heterocycles. The molecule has 1 amide bonds. The highest BCUT2D eigenvalue weighted by Gasteiger charge is 2.21. The summed E-state index contributed by atoms with van der Waals surface area (Å²) in [5, 5.41) is 14.0. The number of fused-ring (bicyclic) bond motifs is 1. The number of amides is 1. The number of carbonyl (C=O) groups is 2. The van der Waals surface area contributed by atoms with Gasteiger partial charge in [-0.05, 0) is 59.2 Å². The number of carbonyl (C=O) groups excluding carboxylic acids is 1. The molecule has 0 radical (unpaired) electrons. The topological polar surface area (TPSA) is 80.6 Å².